The largest absolute Gasteiger partial charge is 0.356 e. The number of hydrogen-bond donors (Lipinski definition) is 1. The number of aryl methyl sites for hydroxylation is 1. The first kappa shape index (κ1) is 18.2. The van der Waals surface area contributed by atoms with Gasteiger partial charge in [0.15, 0.2) is 5.82 Å². The van der Waals surface area contributed by atoms with Crippen molar-refractivity contribution in [2.45, 2.75) is 45.6 Å². The van der Waals surface area contributed by atoms with Crippen molar-refractivity contribution in [1.82, 2.24) is 20.4 Å². The predicted molar refractivity (Wildman–Crippen MR) is 102 cm³/mol. The summed E-state index contributed by atoms with van der Waals surface area (Å²) in [6, 6.07) is 8.25. The number of carbonyl (C=O) groups excluding carboxylic acids is 1. The molecule has 1 aromatic carbocycles. The normalized spacial score (nSPS) is 20.6. The molecule has 1 N–H and O–H groups in total. The fourth-order valence-corrected chi connectivity index (χ4v) is 3.72. The highest BCUT2D eigenvalue weighted by atomic mass is 16.5. The Morgan fingerprint density at radius 2 is 2.15 bits per heavy atom. The van der Waals surface area contributed by atoms with Gasteiger partial charge in [-0.3, -0.25) is 9.69 Å². The molecule has 2 aromatic rings. The zero-order valence-corrected chi connectivity index (χ0v) is 16.0. The first-order chi connectivity index (χ1) is 13.2. The van der Waals surface area contributed by atoms with Crippen molar-refractivity contribution in [3.63, 3.8) is 0 Å². The average Bonchev–Trinajstić information content (AvgIpc) is 3.41. The van der Waals surface area contributed by atoms with Crippen LogP contribution in [0.25, 0.3) is 0 Å². The van der Waals surface area contributed by atoms with Crippen LogP contribution < -0.4 is 5.32 Å². The summed E-state index contributed by atoms with van der Waals surface area (Å²) in [6.45, 7) is 5.34. The van der Waals surface area contributed by atoms with Gasteiger partial charge < -0.3 is 9.84 Å². The smallest absolute Gasteiger partial charge is 0.231 e. The molecule has 1 saturated carbocycles. The fraction of sp³-hybridized carbons (Fsp3) is 0.571. The minimum Gasteiger partial charge on any atom is -0.356 e. The summed E-state index contributed by atoms with van der Waals surface area (Å²) >= 11 is 0. The van der Waals surface area contributed by atoms with E-state index in [1.165, 1.54) is 24.0 Å². The standard InChI is InChI=1S/C21H28N4O2/c1-15-5-2-3-6-17(15)11-20-23-19(24-27-20)14-25-10-4-7-18(13-25)21(26)22-12-16-8-9-16/h2-3,5-6,16,18H,4,7-14H2,1H3,(H,22,26)/t18-/m0/s1. The Morgan fingerprint density at radius 1 is 1.30 bits per heavy atom. The van der Waals surface area contributed by atoms with Crippen molar-refractivity contribution in [2.75, 3.05) is 19.6 Å². The maximum absolute atomic E-state index is 12.4. The van der Waals surface area contributed by atoms with Crippen molar-refractivity contribution in [1.29, 1.82) is 0 Å². The quantitative estimate of drug-likeness (QED) is 0.814. The van der Waals surface area contributed by atoms with Gasteiger partial charge in [-0.15, -0.1) is 0 Å². The molecule has 27 heavy (non-hydrogen) atoms. The highest BCUT2D eigenvalue weighted by molar-refractivity contribution is 5.79. The van der Waals surface area contributed by atoms with Crippen LogP contribution in [0.15, 0.2) is 28.8 Å². The molecule has 0 unspecified atom stereocenters. The highest BCUT2D eigenvalue weighted by Crippen LogP contribution is 2.28. The highest BCUT2D eigenvalue weighted by Gasteiger charge is 2.28. The van der Waals surface area contributed by atoms with Crippen LogP contribution in [0.5, 0.6) is 0 Å². The average molecular weight is 368 g/mol. The molecular formula is C21H28N4O2. The lowest BCUT2D eigenvalue weighted by Gasteiger charge is -2.31. The molecule has 1 aliphatic carbocycles. The first-order valence-electron chi connectivity index (χ1n) is 10.0. The summed E-state index contributed by atoms with van der Waals surface area (Å²) in [5, 5.41) is 7.27. The number of aromatic nitrogens is 2. The zero-order valence-electron chi connectivity index (χ0n) is 16.0. The second-order valence-electron chi connectivity index (χ2n) is 7.97. The molecule has 2 fully saturated rings. The summed E-state index contributed by atoms with van der Waals surface area (Å²) < 4.78 is 5.44. The summed E-state index contributed by atoms with van der Waals surface area (Å²) in [6.07, 6.45) is 5.19. The monoisotopic (exact) mass is 368 g/mol. The van der Waals surface area contributed by atoms with E-state index < -0.39 is 0 Å². The van der Waals surface area contributed by atoms with E-state index in [-0.39, 0.29) is 11.8 Å². The Hall–Kier alpha value is -2.21. The first-order valence-corrected chi connectivity index (χ1v) is 10.0. The van der Waals surface area contributed by atoms with Gasteiger partial charge in [0.25, 0.3) is 0 Å². The van der Waals surface area contributed by atoms with E-state index >= 15 is 0 Å². The molecule has 1 amide bonds. The van der Waals surface area contributed by atoms with Gasteiger partial charge in [-0.2, -0.15) is 4.98 Å². The number of rotatable bonds is 7. The molecule has 0 radical (unpaired) electrons. The number of likely N-dealkylation sites (tertiary alicyclic amines) is 1. The number of nitrogens with one attached hydrogen (secondary N) is 1. The zero-order chi connectivity index (χ0) is 18.6. The van der Waals surface area contributed by atoms with E-state index in [0.717, 1.165) is 38.4 Å². The Balaban J connectivity index is 1.30. The van der Waals surface area contributed by atoms with Crippen LogP contribution in [0, 0.1) is 18.8 Å². The molecule has 4 rings (SSSR count). The molecule has 144 valence electrons. The Morgan fingerprint density at radius 3 is 2.96 bits per heavy atom. The van der Waals surface area contributed by atoms with Crippen LogP contribution in [-0.4, -0.2) is 40.6 Å². The van der Waals surface area contributed by atoms with Gasteiger partial charge in [-0.1, -0.05) is 29.4 Å². The molecule has 1 aliphatic heterocycles. The van der Waals surface area contributed by atoms with E-state index in [4.69, 9.17) is 4.52 Å². The SMILES string of the molecule is Cc1ccccc1Cc1nc(CN2CCC[C@H](C(=O)NCC3CC3)C2)no1. The fourth-order valence-electron chi connectivity index (χ4n) is 3.72. The minimum absolute atomic E-state index is 0.0795. The lowest BCUT2D eigenvalue weighted by molar-refractivity contribution is -0.126. The van der Waals surface area contributed by atoms with Crippen LogP contribution in [0.4, 0.5) is 0 Å². The Bertz CT molecular complexity index is 784. The molecular weight excluding hydrogens is 340 g/mol. The summed E-state index contributed by atoms with van der Waals surface area (Å²) in [4.78, 5) is 19.2. The van der Waals surface area contributed by atoms with Crippen LogP contribution in [0.3, 0.4) is 0 Å². The number of benzene rings is 1. The van der Waals surface area contributed by atoms with Crippen molar-refractivity contribution >= 4 is 5.91 Å². The topological polar surface area (TPSA) is 71.3 Å². The van der Waals surface area contributed by atoms with Crippen molar-refractivity contribution < 1.29 is 9.32 Å². The van der Waals surface area contributed by atoms with Crippen molar-refractivity contribution in [2.24, 2.45) is 11.8 Å². The van der Waals surface area contributed by atoms with Crippen LogP contribution >= 0.6 is 0 Å². The van der Waals surface area contributed by atoms with Crippen LogP contribution in [0.2, 0.25) is 0 Å². The third-order valence-electron chi connectivity index (χ3n) is 5.62. The predicted octanol–water partition coefficient (Wildman–Crippen LogP) is 2.71. The molecule has 1 aromatic heterocycles. The molecule has 1 atom stereocenters. The minimum atomic E-state index is 0.0795. The van der Waals surface area contributed by atoms with Crippen LogP contribution in [0.1, 0.15) is 48.5 Å². The van der Waals surface area contributed by atoms with Gasteiger partial charge in [0, 0.05) is 13.1 Å². The lowest BCUT2D eigenvalue weighted by Crippen LogP contribution is -2.43. The van der Waals surface area contributed by atoms with E-state index in [1.54, 1.807) is 0 Å². The van der Waals surface area contributed by atoms with Crippen LogP contribution in [-0.2, 0) is 17.8 Å². The molecule has 2 heterocycles. The van der Waals surface area contributed by atoms with Gasteiger partial charge in [-0.05, 0) is 56.2 Å². The number of carbonyl (C=O) groups is 1. The van der Waals surface area contributed by atoms with E-state index in [0.29, 0.717) is 24.7 Å². The lowest BCUT2D eigenvalue weighted by atomic mass is 9.97. The molecule has 0 spiro atoms. The van der Waals surface area contributed by atoms with Crippen molar-refractivity contribution in [3.05, 3.63) is 47.1 Å². The third kappa shape index (κ3) is 4.95. The molecule has 1 saturated heterocycles. The Labute approximate surface area is 160 Å². The summed E-state index contributed by atoms with van der Waals surface area (Å²) in [7, 11) is 0. The summed E-state index contributed by atoms with van der Waals surface area (Å²) in [5.74, 6) is 2.36. The molecule has 6 nitrogen and oxygen atoms in total. The Kier molecular flexibility index (Phi) is 5.53. The number of piperidine rings is 1. The van der Waals surface area contributed by atoms with Gasteiger partial charge in [-0.25, -0.2) is 0 Å². The maximum Gasteiger partial charge on any atom is 0.231 e. The van der Waals surface area contributed by atoms with E-state index in [9.17, 15) is 4.79 Å². The van der Waals surface area contributed by atoms with Gasteiger partial charge >= 0.3 is 0 Å². The van der Waals surface area contributed by atoms with Gasteiger partial charge in [0.1, 0.15) is 0 Å². The van der Waals surface area contributed by atoms with Gasteiger partial charge in [0.2, 0.25) is 11.8 Å². The third-order valence-corrected chi connectivity index (χ3v) is 5.62. The van der Waals surface area contributed by atoms with Crippen molar-refractivity contribution in [3.8, 4) is 0 Å². The second-order valence-corrected chi connectivity index (χ2v) is 7.97. The molecule has 6 heteroatoms. The van der Waals surface area contributed by atoms with E-state index in [2.05, 4.69) is 39.4 Å². The summed E-state index contributed by atoms with van der Waals surface area (Å²) in [5.41, 5.74) is 2.44. The molecule has 2 aliphatic rings. The van der Waals surface area contributed by atoms with Gasteiger partial charge in [0.05, 0.1) is 18.9 Å². The number of hydrogen-bond acceptors (Lipinski definition) is 5. The second kappa shape index (κ2) is 8.21. The molecule has 0 bridgehead atoms. The maximum atomic E-state index is 12.4. The number of amides is 1. The number of nitrogens with zero attached hydrogens (tertiary/aromatic N) is 3. The van der Waals surface area contributed by atoms with E-state index in [1.807, 2.05) is 12.1 Å².